The molecule has 1 aromatic rings. The van der Waals surface area contributed by atoms with Crippen LogP contribution in [0.15, 0.2) is 23.3 Å². The molecule has 0 amide bonds. The van der Waals surface area contributed by atoms with E-state index in [4.69, 9.17) is 10.6 Å². The van der Waals surface area contributed by atoms with Crippen molar-refractivity contribution in [3.8, 4) is 0 Å². The van der Waals surface area contributed by atoms with Gasteiger partial charge < -0.3 is 10.4 Å². The lowest BCUT2D eigenvalue weighted by Crippen LogP contribution is -2.30. The number of hydrogen-bond donors (Lipinski definition) is 2. The Kier molecular flexibility index (Phi) is 5.04. The highest BCUT2D eigenvalue weighted by Crippen LogP contribution is 2.16. The van der Waals surface area contributed by atoms with E-state index in [1.54, 1.807) is 0 Å². The lowest BCUT2D eigenvalue weighted by molar-refractivity contribution is -0.139. The fraction of sp³-hybridized carbons (Fsp3) is 0.300. The summed E-state index contributed by atoms with van der Waals surface area (Å²) in [4.78, 5) is 13.5. The van der Waals surface area contributed by atoms with Crippen LogP contribution in [0.1, 0.15) is 11.6 Å². The molecule has 1 rings (SSSR count). The first-order valence-corrected chi connectivity index (χ1v) is 4.98. The largest absolute Gasteiger partial charge is 0.480 e. The van der Waals surface area contributed by atoms with E-state index in [9.17, 15) is 13.6 Å². The highest BCUT2D eigenvalue weighted by atomic mass is 19.2. The monoisotopic (exact) mass is 256 g/mol. The SMILES string of the molecule is [N-]=[N+]=NCCNC(C(=O)O)c1ccc(F)c(F)c1. The molecule has 0 spiro atoms. The molecular weight excluding hydrogens is 246 g/mol. The van der Waals surface area contributed by atoms with Crippen molar-refractivity contribution in [3.63, 3.8) is 0 Å². The maximum atomic E-state index is 13.0. The third-order valence-electron chi connectivity index (χ3n) is 2.15. The van der Waals surface area contributed by atoms with E-state index in [-0.39, 0.29) is 18.7 Å². The normalized spacial score (nSPS) is 11.7. The summed E-state index contributed by atoms with van der Waals surface area (Å²) >= 11 is 0. The molecule has 0 saturated heterocycles. The molecule has 1 unspecified atom stereocenters. The van der Waals surface area contributed by atoms with Crippen LogP contribution in [-0.4, -0.2) is 24.2 Å². The van der Waals surface area contributed by atoms with Gasteiger partial charge >= 0.3 is 5.97 Å². The molecular formula is C10H10F2N4O2. The fourth-order valence-electron chi connectivity index (χ4n) is 1.34. The van der Waals surface area contributed by atoms with Crippen molar-refractivity contribution in [2.24, 2.45) is 5.11 Å². The maximum absolute atomic E-state index is 13.0. The lowest BCUT2D eigenvalue weighted by Gasteiger charge is -2.14. The Hall–Kier alpha value is -2.18. The van der Waals surface area contributed by atoms with Crippen LogP contribution in [0.2, 0.25) is 0 Å². The maximum Gasteiger partial charge on any atom is 0.325 e. The Morgan fingerprint density at radius 2 is 2.22 bits per heavy atom. The van der Waals surface area contributed by atoms with Crippen molar-refractivity contribution >= 4 is 5.97 Å². The van der Waals surface area contributed by atoms with Crippen LogP contribution >= 0.6 is 0 Å². The molecule has 96 valence electrons. The van der Waals surface area contributed by atoms with Gasteiger partial charge in [0.15, 0.2) is 11.6 Å². The fourth-order valence-corrected chi connectivity index (χ4v) is 1.34. The van der Waals surface area contributed by atoms with Gasteiger partial charge in [0.25, 0.3) is 0 Å². The summed E-state index contributed by atoms with van der Waals surface area (Å²) in [7, 11) is 0. The predicted molar refractivity (Wildman–Crippen MR) is 58.8 cm³/mol. The molecule has 0 radical (unpaired) electrons. The molecule has 0 saturated carbocycles. The van der Waals surface area contributed by atoms with Crippen LogP contribution in [0.25, 0.3) is 10.4 Å². The summed E-state index contributed by atoms with van der Waals surface area (Å²) < 4.78 is 25.7. The van der Waals surface area contributed by atoms with Crippen LogP contribution in [0.3, 0.4) is 0 Å². The van der Waals surface area contributed by atoms with Crippen LogP contribution in [0, 0.1) is 11.6 Å². The van der Waals surface area contributed by atoms with E-state index in [1.807, 2.05) is 0 Å². The molecule has 0 bridgehead atoms. The van der Waals surface area contributed by atoms with Gasteiger partial charge in [-0.25, -0.2) is 8.78 Å². The molecule has 0 aliphatic carbocycles. The zero-order valence-electron chi connectivity index (χ0n) is 9.18. The number of carbonyl (C=O) groups is 1. The number of halogens is 2. The minimum absolute atomic E-state index is 0.0595. The van der Waals surface area contributed by atoms with E-state index >= 15 is 0 Å². The number of hydrogen-bond acceptors (Lipinski definition) is 3. The summed E-state index contributed by atoms with van der Waals surface area (Å²) in [5.74, 6) is -3.39. The lowest BCUT2D eigenvalue weighted by atomic mass is 10.1. The van der Waals surface area contributed by atoms with E-state index < -0.39 is 23.6 Å². The third kappa shape index (κ3) is 3.69. The first-order valence-electron chi connectivity index (χ1n) is 4.98. The zero-order valence-corrected chi connectivity index (χ0v) is 9.18. The van der Waals surface area contributed by atoms with Crippen molar-refractivity contribution in [1.82, 2.24) is 5.32 Å². The Bertz CT molecular complexity index is 489. The Labute approximate surface area is 101 Å². The van der Waals surface area contributed by atoms with Gasteiger partial charge in [-0.15, -0.1) is 0 Å². The minimum atomic E-state index is -1.23. The molecule has 2 N–H and O–H groups in total. The number of rotatable bonds is 6. The molecule has 1 atom stereocenters. The standard InChI is InChI=1S/C10H10F2N4O2/c11-7-2-1-6(5-8(7)12)9(10(17)18)14-3-4-15-16-13/h1-2,5,9,14H,3-4H2,(H,17,18). The highest BCUT2D eigenvalue weighted by Gasteiger charge is 2.20. The van der Waals surface area contributed by atoms with Gasteiger partial charge in [0, 0.05) is 18.0 Å². The Balaban J connectivity index is 2.80. The molecule has 18 heavy (non-hydrogen) atoms. The van der Waals surface area contributed by atoms with Crippen molar-refractivity contribution in [2.45, 2.75) is 6.04 Å². The Morgan fingerprint density at radius 1 is 1.50 bits per heavy atom. The van der Waals surface area contributed by atoms with Gasteiger partial charge in [-0.3, -0.25) is 4.79 Å². The smallest absolute Gasteiger partial charge is 0.325 e. The van der Waals surface area contributed by atoms with Crippen LogP contribution in [0.4, 0.5) is 8.78 Å². The van der Waals surface area contributed by atoms with E-state index in [2.05, 4.69) is 15.3 Å². The van der Waals surface area contributed by atoms with Gasteiger partial charge in [0.05, 0.1) is 0 Å². The highest BCUT2D eigenvalue weighted by molar-refractivity contribution is 5.75. The van der Waals surface area contributed by atoms with Gasteiger partial charge in [-0.1, -0.05) is 11.2 Å². The average molecular weight is 256 g/mol. The zero-order chi connectivity index (χ0) is 13.5. The minimum Gasteiger partial charge on any atom is -0.480 e. The quantitative estimate of drug-likeness (QED) is 0.352. The summed E-state index contributed by atoms with van der Waals surface area (Å²) in [5.41, 5.74) is 8.13. The average Bonchev–Trinajstić information content (AvgIpc) is 2.32. The van der Waals surface area contributed by atoms with Crippen molar-refractivity contribution in [2.75, 3.05) is 13.1 Å². The summed E-state index contributed by atoms with van der Waals surface area (Å²) in [6.07, 6.45) is 0. The molecule has 0 aliphatic rings. The van der Waals surface area contributed by atoms with Gasteiger partial charge in [0.1, 0.15) is 6.04 Å². The number of nitrogens with one attached hydrogen (secondary N) is 1. The Morgan fingerprint density at radius 3 is 2.78 bits per heavy atom. The third-order valence-corrected chi connectivity index (χ3v) is 2.15. The summed E-state index contributed by atoms with van der Waals surface area (Å²) in [5, 5.41) is 14.7. The second-order valence-corrected chi connectivity index (χ2v) is 3.35. The summed E-state index contributed by atoms with van der Waals surface area (Å²) in [6, 6.07) is 1.66. The van der Waals surface area contributed by atoms with Crippen LogP contribution < -0.4 is 5.32 Å². The van der Waals surface area contributed by atoms with Gasteiger partial charge in [-0.2, -0.15) is 0 Å². The first kappa shape index (κ1) is 13.9. The topological polar surface area (TPSA) is 98.1 Å². The van der Waals surface area contributed by atoms with Crippen molar-refractivity contribution < 1.29 is 18.7 Å². The van der Waals surface area contributed by atoms with Crippen molar-refractivity contribution in [3.05, 3.63) is 45.8 Å². The van der Waals surface area contributed by atoms with Crippen molar-refractivity contribution in [1.29, 1.82) is 0 Å². The van der Waals surface area contributed by atoms with Crippen LogP contribution in [0.5, 0.6) is 0 Å². The summed E-state index contributed by atoms with van der Waals surface area (Å²) in [6.45, 7) is 0.171. The van der Waals surface area contributed by atoms with Gasteiger partial charge in [0.2, 0.25) is 0 Å². The number of aliphatic carboxylic acids is 1. The first-order chi connectivity index (χ1) is 8.56. The van der Waals surface area contributed by atoms with E-state index in [0.717, 1.165) is 12.1 Å². The molecule has 0 aliphatic heterocycles. The molecule has 0 aromatic heterocycles. The van der Waals surface area contributed by atoms with E-state index in [0.29, 0.717) is 0 Å². The predicted octanol–water partition coefficient (Wildman–Crippen LogP) is 1.99. The molecule has 1 aromatic carbocycles. The molecule has 0 fully saturated rings. The van der Waals surface area contributed by atoms with Crippen LogP contribution in [-0.2, 0) is 4.79 Å². The molecule has 8 heteroatoms. The number of carboxylic acid groups (broad SMARTS) is 1. The second-order valence-electron chi connectivity index (χ2n) is 3.35. The number of azide groups is 1. The van der Waals surface area contributed by atoms with Gasteiger partial charge in [-0.05, 0) is 23.2 Å². The second kappa shape index (κ2) is 6.53. The molecule has 6 nitrogen and oxygen atoms in total. The molecule has 0 heterocycles. The number of benzene rings is 1. The number of nitrogens with zero attached hydrogens (tertiary/aromatic N) is 3. The van der Waals surface area contributed by atoms with E-state index in [1.165, 1.54) is 6.07 Å². The number of carboxylic acids is 1.